The predicted octanol–water partition coefficient (Wildman–Crippen LogP) is 4.67. The fourth-order valence-electron chi connectivity index (χ4n) is 6.88. The van der Waals surface area contributed by atoms with E-state index in [1.54, 1.807) is 0 Å². The number of allylic oxidation sites excluding steroid dienone is 1. The number of amides is 2. The molecule has 37 heavy (non-hydrogen) atoms. The fraction of sp³-hybridized carbons (Fsp3) is 0.516. The minimum absolute atomic E-state index is 0.0976. The van der Waals surface area contributed by atoms with Crippen molar-refractivity contribution in [1.29, 1.82) is 0 Å². The highest BCUT2D eigenvalue weighted by Crippen LogP contribution is 2.47. The minimum Gasteiger partial charge on any atom is -0.368 e. The zero-order chi connectivity index (χ0) is 25.8. The summed E-state index contributed by atoms with van der Waals surface area (Å²) in [7, 11) is 0. The van der Waals surface area contributed by atoms with Crippen molar-refractivity contribution in [3.63, 3.8) is 0 Å². The molecule has 6 heteroatoms. The van der Waals surface area contributed by atoms with Crippen LogP contribution in [0, 0.1) is 10.8 Å². The van der Waals surface area contributed by atoms with E-state index in [2.05, 4.69) is 73.9 Å². The second kappa shape index (κ2) is 8.71. The van der Waals surface area contributed by atoms with Gasteiger partial charge in [-0.3, -0.25) is 14.6 Å². The molecule has 1 aromatic carbocycles. The number of fused-ring (bicyclic) bond motifs is 2. The Hall–Kier alpha value is -3.15. The Morgan fingerprint density at radius 2 is 1.81 bits per heavy atom. The van der Waals surface area contributed by atoms with Crippen molar-refractivity contribution in [2.24, 2.45) is 15.8 Å². The highest BCUT2D eigenvalue weighted by Gasteiger charge is 2.52. The van der Waals surface area contributed by atoms with Gasteiger partial charge in [-0.15, -0.1) is 0 Å². The molecule has 0 aromatic heterocycles. The van der Waals surface area contributed by atoms with Crippen molar-refractivity contribution >= 4 is 23.6 Å². The van der Waals surface area contributed by atoms with E-state index in [0.29, 0.717) is 6.54 Å². The molecule has 0 saturated heterocycles. The van der Waals surface area contributed by atoms with Gasteiger partial charge in [0.1, 0.15) is 17.2 Å². The van der Waals surface area contributed by atoms with Crippen molar-refractivity contribution in [2.75, 3.05) is 13.1 Å². The van der Waals surface area contributed by atoms with Crippen molar-refractivity contribution in [2.45, 2.75) is 77.8 Å². The monoisotopic (exact) mass is 498 g/mol. The Morgan fingerprint density at radius 1 is 1.05 bits per heavy atom. The van der Waals surface area contributed by atoms with Gasteiger partial charge in [-0.25, -0.2) is 0 Å². The maximum Gasteiger partial charge on any atom is 0.270 e. The number of rotatable bonds is 3. The molecular weight excluding hydrogens is 460 g/mol. The third-order valence-corrected chi connectivity index (χ3v) is 8.84. The first-order chi connectivity index (χ1) is 17.7. The van der Waals surface area contributed by atoms with Crippen LogP contribution in [0.3, 0.4) is 0 Å². The maximum absolute atomic E-state index is 13.5. The topological polar surface area (TPSA) is 73.8 Å². The highest BCUT2D eigenvalue weighted by molar-refractivity contribution is 6.42. The average molecular weight is 499 g/mol. The molecule has 5 aliphatic rings. The smallest absolute Gasteiger partial charge is 0.270 e. The summed E-state index contributed by atoms with van der Waals surface area (Å²) >= 11 is 0. The zero-order valence-electron chi connectivity index (χ0n) is 22.3. The number of hydrogen-bond donors (Lipinski definition) is 2. The number of carbonyl (C=O) groups excluding carboxylic acids is 2. The van der Waals surface area contributed by atoms with Gasteiger partial charge in [-0.2, -0.15) is 0 Å². The molecule has 3 heterocycles. The molecule has 3 aliphatic heterocycles. The Balaban J connectivity index is 1.21. The van der Waals surface area contributed by atoms with E-state index in [1.165, 1.54) is 24.0 Å². The molecule has 0 bridgehead atoms. The molecule has 2 spiro atoms. The summed E-state index contributed by atoms with van der Waals surface area (Å²) in [5.41, 5.74) is 4.27. The molecule has 1 atom stereocenters. The summed E-state index contributed by atoms with van der Waals surface area (Å²) in [5, 5.41) is 6.38. The fourth-order valence-corrected chi connectivity index (χ4v) is 6.88. The van der Waals surface area contributed by atoms with Gasteiger partial charge in [0.25, 0.3) is 5.91 Å². The Bertz CT molecular complexity index is 1270. The number of dihydropyridines is 1. The lowest BCUT2D eigenvalue weighted by atomic mass is 9.78. The molecule has 6 nitrogen and oxygen atoms in total. The number of nitrogens with zero attached hydrogens (tertiary/aromatic N) is 2. The molecule has 1 aromatic rings. The minimum atomic E-state index is -0.502. The normalized spacial score (nSPS) is 26.6. The Labute approximate surface area is 220 Å². The Kier molecular flexibility index (Phi) is 5.70. The summed E-state index contributed by atoms with van der Waals surface area (Å²) in [6.45, 7) is 7.59. The van der Waals surface area contributed by atoms with Gasteiger partial charge in [0.2, 0.25) is 5.91 Å². The molecule has 1 saturated carbocycles. The SMILES string of the molecule is CC(C)(C)C1=NC2(CCCCCC2)N(C/C=C/c2ccc3c(c2)CC2(C3)C(=O)NC3=C2C=CCN3)C1=O. The van der Waals surface area contributed by atoms with Crippen LogP contribution in [0.1, 0.15) is 76.0 Å². The van der Waals surface area contributed by atoms with Crippen LogP contribution in [0.25, 0.3) is 6.08 Å². The van der Waals surface area contributed by atoms with Gasteiger partial charge in [0, 0.05) is 24.1 Å². The van der Waals surface area contributed by atoms with Gasteiger partial charge in [0.15, 0.2) is 0 Å². The summed E-state index contributed by atoms with van der Waals surface area (Å²) < 4.78 is 0. The molecule has 2 N–H and O–H groups in total. The van der Waals surface area contributed by atoms with Crippen LogP contribution in [-0.2, 0) is 22.4 Å². The van der Waals surface area contributed by atoms with Crippen LogP contribution in [-0.4, -0.2) is 41.2 Å². The molecule has 0 radical (unpaired) electrons. The average Bonchev–Trinajstić information content (AvgIpc) is 3.38. The second-order valence-electron chi connectivity index (χ2n) is 12.4. The molecule has 2 amide bonds. The van der Waals surface area contributed by atoms with E-state index < -0.39 is 5.41 Å². The lowest BCUT2D eigenvalue weighted by molar-refractivity contribution is -0.128. The van der Waals surface area contributed by atoms with E-state index in [0.717, 1.165) is 67.7 Å². The third kappa shape index (κ3) is 3.96. The standard InChI is InChI=1S/C31H38N4O2/c1-29(2,3)25-27(36)35(31(34-25)14-6-4-5-7-15-31)17-9-10-21-12-13-22-19-30(20-23(22)18-21)24-11-8-16-32-26(24)33-28(30)37/h8-13,18,32H,4-7,14-17,19-20H2,1-3H3,(H,33,37)/b10-9+. The first-order valence-electron chi connectivity index (χ1n) is 13.9. The quantitative estimate of drug-likeness (QED) is 0.636. The van der Waals surface area contributed by atoms with Gasteiger partial charge < -0.3 is 15.5 Å². The first kappa shape index (κ1) is 24.2. The van der Waals surface area contributed by atoms with E-state index in [1.807, 2.05) is 4.90 Å². The van der Waals surface area contributed by atoms with Crippen LogP contribution in [0.15, 0.2) is 52.8 Å². The molecule has 194 valence electrons. The third-order valence-electron chi connectivity index (χ3n) is 8.84. The maximum atomic E-state index is 13.5. The van der Waals surface area contributed by atoms with Crippen molar-refractivity contribution in [3.05, 3.63) is 64.5 Å². The summed E-state index contributed by atoms with van der Waals surface area (Å²) in [6.07, 6.45) is 16.5. The molecule has 1 unspecified atom stereocenters. The van der Waals surface area contributed by atoms with Crippen molar-refractivity contribution in [3.8, 4) is 0 Å². The summed E-state index contributed by atoms with van der Waals surface area (Å²) in [5.74, 6) is 1.07. The van der Waals surface area contributed by atoms with Gasteiger partial charge >= 0.3 is 0 Å². The molecular formula is C31H38N4O2. The number of aliphatic imine (C=N–C) groups is 1. The van der Waals surface area contributed by atoms with E-state index in [4.69, 9.17) is 4.99 Å². The number of benzene rings is 1. The summed E-state index contributed by atoms with van der Waals surface area (Å²) in [4.78, 5) is 33.8. The van der Waals surface area contributed by atoms with Crippen LogP contribution in [0.4, 0.5) is 0 Å². The van der Waals surface area contributed by atoms with E-state index in [9.17, 15) is 9.59 Å². The lowest BCUT2D eigenvalue weighted by Crippen LogP contribution is -2.47. The van der Waals surface area contributed by atoms with E-state index >= 15 is 0 Å². The first-order valence-corrected chi connectivity index (χ1v) is 13.9. The number of nitrogens with one attached hydrogen (secondary N) is 2. The van der Waals surface area contributed by atoms with Crippen LogP contribution < -0.4 is 10.6 Å². The predicted molar refractivity (Wildman–Crippen MR) is 147 cm³/mol. The van der Waals surface area contributed by atoms with Gasteiger partial charge in [0.05, 0.1) is 5.41 Å². The lowest BCUT2D eigenvalue weighted by Gasteiger charge is -2.35. The van der Waals surface area contributed by atoms with Crippen LogP contribution >= 0.6 is 0 Å². The largest absolute Gasteiger partial charge is 0.368 e. The molecule has 1 fully saturated rings. The second-order valence-corrected chi connectivity index (χ2v) is 12.4. The van der Waals surface area contributed by atoms with Gasteiger partial charge in [-0.05, 0) is 55.2 Å². The molecule has 6 rings (SSSR count). The number of hydrogen-bond acceptors (Lipinski definition) is 4. The zero-order valence-corrected chi connectivity index (χ0v) is 22.3. The van der Waals surface area contributed by atoms with Crippen molar-refractivity contribution in [1.82, 2.24) is 15.5 Å². The highest BCUT2D eigenvalue weighted by atomic mass is 16.2. The van der Waals surface area contributed by atoms with Gasteiger partial charge in [-0.1, -0.05) is 76.1 Å². The molecule has 2 aliphatic carbocycles. The van der Waals surface area contributed by atoms with Crippen LogP contribution in [0.5, 0.6) is 0 Å². The number of carbonyl (C=O) groups is 2. The van der Waals surface area contributed by atoms with Crippen LogP contribution in [0.2, 0.25) is 0 Å². The summed E-state index contributed by atoms with van der Waals surface area (Å²) in [6, 6.07) is 6.52. The Morgan fingerprint density at radius 3 is 2.57 bits per heavy atom. The van der Waals surface area contributed by atoms with Crippen molar-refractivity contribution < 1.29 is 9.59 Å². The van der Waals surface area contributed by atoms with E-state index in [-0.39, 0.29) is 22.9 Å².